The Hall–Kier alpha value is -1.46. The molecule has 1 aliphatic heterocycles. The highest BCUT2D eigenvalue weighted by Gasteiger charge is 2.18. The average Bonchev–Trinajstić information content (AvgIpc) is 2.48. The Labute approximate surface area is 128 Å². The number of hydrogen-bond donors (Lipinski definition) is 1. The van der Waals surface area contributed by atoms with Crippen molar-refractivity contribution in [2.24, 2.45) is 5.73 Å². The first kappa shape index (κ1) is 14.5. The van der Waals surface area contributed by atoms with Crippen molar-refractivity contribution in [1.29, 1.82) is 0 Å². The van der Waals surface area contributed by atoms with Crippen LogP contribution in [0.1, 0.15) is 24.1 Å². The van der Waals surface area contributed by atoms with E-state index >= 15 is 0 Å². The molecule has 2 N–H and O–H groups in total. The van der Waals surface area contributed by atoms with Gasteiger partial charge in [0.05, 0.1) is 5.39 Å². The molecule has 0 saturated carbocycles. The lowest BCUT2D eigenvalue weighted by Crippen LogP contribution is -2.33. The molecule has 1 aromatic heterocycles. The molecule has 4 nitrogen and oxygen atoms in total. The number of benzene rings is 1. The van der Waals surface area contributed by atoms with Gasteiger partial charge in [-0.2, -0.15) is 11.8 Å². The van der Waals surface area contributed by atoms with E-state index in [1.807, 2.05) is 37.7 Å². The summed E-state index contributed by atoms with van der Waals surface area (Å²) in [5, 5.41) is 0.623. The summed E-state index contributed by atoms with van der Waals surface area (Å²) in [4.78, 5) is 14.6. The fourth-order valence-corrected chi connectivity index (χ4v) is 3.60. The Balaban J connectivity index is 2.19. The summed E-state index contributed by atoms with van der Waals surface area (Å²) in [7, 11) is 0. The first-order valence-corrected chi connectivity index (χ1v) is 8.38. The predicted molar refractivity (Wildman–Crippen MR) is 89.4 cm³/mol. The van der Waals surface area contributed by atoms with Crippen molar-refractivity contribution in [3.63, 3.8) is 0 Å². The summed E-state index contributed by atoms with van der Waals surface area (Å²) in [5.74, 6) is 2.80. The molecule has 1 aliphatic rings. The lowest BCUT2D eigenvalue weighted by molar-refractivity contribution is 0.570. The van der Waals surface area contributed by atoms with Gasteiger partial charge >= 0.3 is 0 Å². The Morgan fingerprint density at radius 3 is 2.67 bits per heavy atom. The van der Waals surface area contributed by atoms with Gasteiger partial charge in [0.25, 0.3) is 0 Å². The molecule has 2 aromatic rings. The van der Waals surface area contributed by atoms with Gasteiger partial charge in [-0.1, -0.05) is 6.07 Å². The van der Waals surface area contributed by atoms with Gasteiger partial charge in [0.15, 0.2) is 11.3 Å². The second-order valence-electron chi connectivity index (χ2n) is 5.57. The number of hydrogen-bond acceptors (Lipinski definition) is 5. The van der Waals surface area contributed by atoms with Crippen molar-refractivity contribution in [3.05, 3.63) is 39.5 Å². The minimum atomic E-state index is -0.164. The molecular weight excluding hydrogens is 284 g/mol. The fraction of sp³-hybridized carbons (Fsp3) is 0.438. The van der Waals surface area contributed by atoms with E-state index in [4.69, 9.17) is 10.2 Å². The van der Waals surface area contributed by atoms with E-state index in [2.05, 4.69) is 4.90 Å². The highest BCUT2D eigenvalue weighted by molar-refractivity contribution is 7.99. The van der Waals surface area contributed by atoms with Crippen LogP contribution in [0.15, 0.2) is 27.4 Å². The zero-order chi connectivity index (χ0) is 15.0. The lowest BCUT2D eigenvalue weighted by atomic mass is 10.0. The molecule has 0 radical (unpaired) electrons. The summed E-state index contributed by atoms with van der Waals surface area (Å²) < 4.78 is 6.07. The van der Waals surface area contributed by atoms with Crippen LogP contribution in [0.5, 0.6) is 0 Å². The molecule has 2 heterocycles. The van der Waals surface area contributed by atoms with E-state index in [1.165, 1.54) is 0 Å². The Bertz CT molecular complexity index is 718. The van der Waals surface area contributed by atoms with Crippen molar-refractivity contribution in [2.45, 2.75) is 19.9 Å². The first-order chi connectivity index (χ1) is 10.1. The second-order valence-corrected chi connectivity index (χ2v) is 6.79. The van der Waals surface area contributed by atoms with Crippen LogP contribution in [0.2, 0.25) is 0 Å². The van der Waals surface area contributed by atoms with Crippen molar-refractivity contribution in [1.82, 2.24) is 0 Å². The third-order valence-electron chi connectivity index (χ3n) is 3.80. The SMILES string of the molecule is Cc1cc(C(C)N)c2oc(N3CCSCC3)cc(=O)c2c1. The van der Waals surface area contributed by atoms with Crippen LogP contribution < -0.4 is 16.1 Å². The van der Waals surface area contributed by atoms with Crippen molar-refractivity contribution in [2.75, 3.05) is 29.5 Å². The predicted octanol–water partition coefficient (Wildman–Crippen LogP) is 2.67. The van der Waals surface area contributed by atoms with Crippen LogP contribution in [0.25, 0.3) is 11.0 Å². The van der Waals surface area contributed by atoms with Gasteiger partial charge in [-0.05, 0) is 25.5 Å². The van der Waals surface area contributed by atoms with E-state index in [0.717, 1.165) is 35.7 Å². The minimum Gasteiger partial charge on any atom is -0.440 e. The maximum atomic E-state index is 12.4. The van der Waals surface area contributed by atoms with E-state index in [0.29, 0.717) is 16.9 Å². The van der Waals surface area contributed by atoms with Gasteiger partial charge in [-0.25, -0.2) is 0 Å². The van der Waals surface area contributed by atoms with Crippen LogP contribution in [0.4, 0.5) is 5.88 Å². The normalized spacial score (nSPS) is 17.2. The minimum absolute atomic E-state index is 0.00933. The number of rotatable bonds is 2. The smallest absolute Gasteiger partial charge is 0.200 e. The van der Waals surface area contributed by atoms with Gasteiger partial charge in [0.1, 0.15) is 5.58 Å². The quantitative estimate of drug-likeness (QED) is 0.924. The van der Waals surface area contributed by atoms with Gasteiger partial charge in [0, 0.05) is 42.3 Å². The standard InChI is InChI=1S/C16H20N2O2S/c1-10-7-12(11(2)17)16-13(8-10)14(19)9-15(20-16)18-3-5-21-6-4-18/h7-9,11H,3-6,17H2,1-2H3. The number of anilines is 1. The Kier molecular flexibility index (Phi) is 3.95. The number of thioether (sulfide) groups is 1. The van der Waals surface area contributed by atoms with Crippen LogP contribution >= 0.6 is 11.8 Å². The molecule has 1 fully saturated rings. The van der Waals surface area contributed by atoms with Crippen LogP contribution in [-0.4, -0.2) is 24.6 Å². The van der Waals surface area contributed by atoms with Gasteiger partial charge in [0.2, 0.25) is 0 Å². The Morgan fingerprint density at radius 1 is 1.29 bits per heavy atom. The molecule has 0 aliphatic carbocycles. The van der Waals surface area contributed by atoms with Crippen LogP contribution in [0, 0.1) is 6.92 Å². The second kappa shape index (κ2) is 5.73. The highest BCUT2D eigenvalue weighted by Crippen LogP contribution is 2.27. The third-order valence-corrected chi connectivity index (χ3v) is 4.74. The number of nitrogens with zero attached hydrogens (tertiary/aromatic N) is 1. The zero-order valence-electron chi connectivity index (χ0n) is 12.4. The van der Waals surface area contributed by atoms with Crippen molar-refractivity contribution >= 4 is 28.6 Å². The fourth-order valence-electron chi connectivity index (χ4n) is 2.70. The summed E-state index contributed by atoms with van der Waals surface area (Å²) >= 11 is 1.93. The molecule has 1 saturated heterocycles. The van der Waals surface area contributed by atoms with E-state index < -0.39 is 0 Å². The molecule has 21 heavy (non-hydrogen) atoms. The third kappa shape index (κ3) is 2.80. The molecule has 1 atom stereocenters. The monoisotopic (exact) mass is 304 g/mol. The largest absolute Gasteiger partial charge is 0.440 e. The number of nitrogens with two attached hydrogens (primary N) is 1. The van der Waals surface area contributed by atoms with Gasteiger partial charge < -0.3 is 15.1 Å². The Morgan fingerprint density at radius 2 is 2.00 bits per heavy atom. The van der Waals surface area contributed by atoms with E-state index in [1.54, 1.807) is 6.07 Å². The average molecular weight is 304 g/mol. The maximum absolute atomic E-state index is 12.4. The van der Waals surface area contributed by atoms with E-state index in [-0.39, 0.29) is 11.5 Å². The van der Waals surface area contributed by atoms with Gasteiger partial charge in [-0.15, -0.1) is 0 Å². The van der Waals surface area contributed by atoms with E-state index in [9.17, 15) is 4.79 Å². The molecule has 0 bridgehead atoms. The maximum Gasteiger partial charge on any atom is 0.200 e. The molecule has 1 unspecified atom stereocenters. The topological polar surface area (TPSA) is 59.5 Å². The summed E-state index contributed by atoms with van der Waals surface area (Å²) in [5.41, 5.74) is 8.62. The zero-order valence-corrected chi connectivity index (χ0v) is 13.2. The molecule has 5 heteroatoms. The number of aryl methyl sites for hydroxylation is 1. The molecule has 3 rings (SSSR count). The highest BCUT2D eigenvalue weighted by atomic mass is 32.2. The number of fused-ring (bicyclic) bond motifs is 1. The van der Waals surface area contributed by atoms with Crippen molar-refractivity contribution < 1.29 is 4.42 Å². The molecule has 1 aromatic carbocycles. The molecule has 112 valence electrons. The van der Waals surface area contributed by atoms with Gasteiger partial charge in [-0.3, -0.25) is 4.79 Å². The summed E-state index contributed by atoms with van der Waals surface area (Å²) in [6, 6.07) is 5.33. The van der Waals surface area contributed by atoms with Crippen molar-refractivity contribution in [3.8, 4) is 0 Å². The van der Waals surface area contributed by atoms with Crippen LogP contribution in [0.3, 0.4) is 0 Å². The molecule has 0 spiro atoms. The lowest BCUT2D eigenvalue weighted by Gasteiger charge is -2.27. The summed E-state index contributed by atoms with van der Waals surface area (Å²) in [6.45, 7) is 5.72. The van der Waals surface area contributed by atoms with Crippen LogP contribution in [-0.2, 0) is 0 Å². The summed E-state index contributed by atoms with van der Waals surface area (Å²) in [6.07, 6.45) is 0. The molecular formula is C16H20N2O2S. The molecule has 0 amide bonds. The first-order valence-electron chi connectivity index (χ1n) is 7.23.